The largest absolute Gasteiger partial charge is 0.324 e. The van der Waals surface area contributed by atoms with Gasteiger partial charge in [0.15, 0.2) is 0 Å². The summed E-state index contributed by atoms with van der Waals surface area (Å²) in [5.41, 5.74) is 8.60. The molecule has 0 fully saturated rings. The van der Waals surface area contributed by atoms with Crippen molar-refractivity contribution in [2.75, 3.05) is 0 Å². The van der Waals surface area contributed by atoms with Crippen molar-refractivity contribution in [2.24, 2.45) is 11.7 Å². The molecule has 2 N–H and O–H groups in total. The first-order valence-electron chi connectivity index (χ1n) is 4.85. The Balaban J connectivity index is 2.98. The van der Waals surface area contributed by atoms with E-state index in [1.165, 1.54) is 11.1 Å². The fourth-order valence-electron chi connectivity index (χ4n) is 1.42. The molecular formula is C11H18N2. The fourth-order valence-corrected chi connectivity index (χ4v) is 1.42. The molecule has 1 aromatic rings. The van der Waals surface area contributed by atoms with Crippen molar-refractivity contribution in [3.05, 3.63) is 29.6 Å². The monoisotopic (exact) mass is 178 g/mol. The highest BCUT2D eigenvalue weighted by Crippen LogP contribution is 2.21. The number of nitrogens with two attached hydrogens (primary N) is 1. The average Bonchev–Trinajstić information content (AvgIpc) is 2.16. The molecule has 2 nitrogen and oxygen atoms in total. The predicted octanol–water partition coefficient (Wildman–Crippen LogP) is 2.30. The van der Waals surface area contributed by atoms with Crippen molar-refractivity contribution >= 4 is 0 Å². The molecule has 1 rings (SSSR count). The standard InChI is InChI=1S/C11H18N2/c1-4-9-7-13-6-5-10(9)11(12)8(2)3/h5-8,11H,4,12H2,1-3H3. The van der Waals surface area contributed by atoms with E-state index >= 15 is 0 Å². The first-order chi connectivity index (χ1) is 6.16. The fraction of sp³-hybridized carbons (Fsp3) is 0.545. The van der Waals surface area contributed by atoms with Crippen molar-refractivity contribution in [1.82, 2.24) is 4.98 Å². The van der Waals surface area contributed by atoms with Crippen LogP contribution in [0.1, 0.15) is 37.9 Å². The van der Waals surface area contributed by atoms with E-state index < -0.39 is 0 Å². The minimum atomic E-state index is 0.137. The van der Waals surface area contributed by atoms with E-state index in [-0.39, 0.29) is 6.04 Å². The van der Waals surface area contributed by atoms with Crippen LogP contribution < -0.4 is 5.73 Å². The lowest BCUT2D eigenvalue weighted by Gasteiger charge is -2.18. The zero-order chi connectivity index (χ0) is 9.84. The van der Waals surface area contributed by atoms with Crippen LogP contribution in [0.2, 0.25) is 0 Å². The quantitative estimate of drug-likeness (QED) is 0.771. The van der Waals surface area contributed by atoms with Gasteiger partial charge in [-0.05, 0) is 29.5 Å². The summed E-state index contributed by atoms with van der Waals surface area (Å²) in [4.78, 5) is 4.10. The maximum absolute atomic E-state index is 6.09. The van der Waals surface area contributed by atoms with Gasteiger partial charge in [0, 0.05) is 18.4 Å². The van der Waals surface area contributed by atoms with Gasteiger partial charge >= 0.3 is 0 Å². The molecule has 0 spiro atoms. The molecule has 0 aliphatic rings. The molecule has 72 valence electrons. The Kier molecular flexibility index (Phi) is 3.43. The van der Waals surface area contributed by atoms with E-state index in [0.717, 1.165) is 6.42 Å². The van der Waals surface area contributed by atoms with Gasteiger partial charge in [0.25, 0.3) is 0 Å². The SMILES string of the molecule is CCc1cnccc1C(N)C(C)C. The van der Waals surface area contributed by atoms with Crippen LogP contribution in [0.15, 0.2) is 18.5 Å². The van der Waals surface area contributed by atoms with Gasteiger partial charge in [-0.25, -0.2) is 0 Å². The molecule has 0 aromatic carbocycles. The third-order valence-corrected chi connectivity index (χ3v) is 2.40. The van der Waals surface area contributed by atoms with Gasteiger partial charge < -0.3 is 5.73 Å². The van der Waals surface area contributed by atoms with Crippen molar-refractivity contribution in [3.63, 3.8) is 0 Å². The molecule has 1 aromatic heterocycles. The summed E-state index contributed by atoms with van der Waals surface area (Å²) in [6, 6.07) is 2.17. The molecule has 0 amide bonds. The van der Waals surface area contributed by atoms with Gasteiger partial charge in [-0.2, -0.15) is 0 Å². The average molecular weight is 178 g/mol. The van der Waals surface area contributed by atoms with E-state index in [1.807, 2.05) is 18.5 Å². The minimum Gasteiger partial charge on any atom is -0.324 e. The van der Waals surface area contributed by atoms with Crippen LogP contribution in [-0.2, 0) is 6.42 Å². The molecule has 0 saturated carbocycles. The summed E-state index contributed by atoms with van der Waals surface area (Å²) < 4.78 is 0. The Hall–Kier alpha value is -0.890. The molecule has 0 radical (unpaired) electrons. The number of aryl methyl sites for hydroxylation is 1. The third-order valence-electron chi connectivity index (χ3n) is 2.40. The maximum atomic E-state index is 6.09. The topological polar surface area (TPSA) is 38.9 Å². The molecule has 2 heteroatoms. The highest BCUT2D eigenvalue weighted by atomic mass is 14.7. The summed E-state index contributed by atoms with van der Waals surface area (Å²) in [5, 5.41) is 0. The first kappa shape index (κ1) is 10.2. The zero-order valence-electron chi connectivity index (χ0n) is 8.62. The Morgan fingerprint density at radius 1 is 1.46 bits per heavy atom. The molecule has 1 heterocycles. The lowest BCUT2D eigenvalue weighted by molar-refractivity contribution is 0.510. The van der Waals surface area contributed by atoms with E-state index in [0.29, 0.717) is 5.92 Å². The summed E-state index contributed by atoms with van der Waals surface area (Å²) >= 11 is 0. The smallest absolute Gasteiger partial charge is 0.0322 e. The van der Waals surface area contributed by atoms with Crippen molar-refractivity contribution in [2.45, 2.75) is 33.2 Å². The van der Waals surface area contributed by atoms with Crippen LogP contribution in [0.5, 0.6) is 0 Å². The zero-order valence-corrected chi connectivity index (χ0v) is 8.62. The Bertz CT molecular complexity index is 269. The van der Waals surface area contributed by atoms with E-state index in [4.69, 9.17) is 5.73 Å². The molecule has 0 aliphatic heterocycles. The van der Waals surface area contributed by atoms with E-state index in [1.54, 1.807) is 0 Å². The van der Waals surface area contributed by atoms with Crippen LogP contribution in [0.3, 0.4) is 0 Å². The minimum absolute atomic E-state index is 0.137. The summed E-state index contributed by atoms with van der Waals surface area (Å²) in [5.74, 6) is 0.479. The molecule has 13 heavy (non-hydrogen) atoms. The van der Waals surface area contributed by atoms with Gasteiger partial charge in [-0.1, -0.05) is 20.8 Å². The van der Waals surface area contributed by atoms with Crippen LogP contribution in [0.25, 0.3) is 0 Å². The van der Waals surface area contributed by atoms with Crippen LogP contribution in [0.4, 0.5) is 0 Å². The highest BCUT2D eigenvalue weighted by molar-refractivity contribution is 5.26. The normalized spacial score (nSPS) is 13.3. The van der Waals surface area contributed by atoms with Gasteiger partial charge in [0.05, 0.1) is 0 Å². The third kappa shape index (κ3) is 2.28. The van der Waals surface area contributed by atoms with Gasteiger partial charge in [-0.3, -0.25) is 4.98 Å². The lowest BCUT2D eigenvalue weighted by Crippen LogP contribution is -2.18. The maximum Gasteiger partial charge on any atom is 0.0322 e. The van der Waals surface area contributed by atoms with Crippen LogP contribution >= 0.6 is 0 Å². The number of hydrogen-bond donors (Lipinski definition) is 1. The first-order valence-corrected chi connectivity index (χ1v) is 4.85. The second kappa shape index (κ2) is 4.38. The molecule has 0 bridgehead atoms. The molecule has 0 saturated heterocycles. The Morgan fingerprint density at radius 2 is 2.15 bits per heavy atom. The summed E-state index contributed by atoms with van der Waals surface area (Å²) in [6.07, 6.45) is 4.73. The number of aromatic nitrogens is 1. The molecule has 1 atom stereocenters. The van der Waals surface area contributed by atoms with Crippen LogP contribution in [0, 0.1) is 5.92 Å². The summed E-state index contributed by atoms with van der Waals surface area (Å²) in [7, 11) is 0. The van der Waals surface area contributed by atoms with E-state index in [2.05, 4.69) is 25.8 Å². The Labute approximate surface area is 80.2 Å². The number of nitrogens with zero attached hydrogens (tertiary/aromatic N) is 1. The number of hydrogen-bond acceptors (Lipinski definition) is 2. The summed E-state index contributed by atoms with van der Waals surface area (Å²) in [6.45, 7) is 6.42. The predicted molar refractivity (Wildman–Crippen MR) is 55.4 cm³/mol. The van der Waals surface area contributed by atoms with Gasteiger partial charge in [0.1, 0.15) is 0 Å². The van der Waals surface area contributed by atoms with Crippen molar-refractivity contribution in [1.29, 1.82) is 0 Å². The molecule has 0 aliphatic carbocycles. The van der Waals surface area contributed by atoms with E-state index in [9.17, 15) is 0 Å². The Morgan fingerprint density at radius 3 is 2.69 bits per heavy atom. The van der Waals surface area contributed by atoms with Gasteiger partial charge in [0.2, 0.25) is 0 Å². The highest BCUT2D eigenvalue weighted by Gasteiger charge is 2.12. The molecule has 1 unspecified atom stereocenters. The number of pyridine rings is 1. The number of rotatable bonds is 3. The van der Waals surface area contributed by atoms with Crippen molar-refractivity contribution < 1.29 is 0 Å². The second-order valence-electron chi connectivity index (χ2n) is 3.70. The van der Waals surface area contributed by atoms with Crippen molar-refractivity contribution in [3.8, 4) is 0 Å². The van der Waals surface area contributed by atoms with Crippen LogP contribution in [-0.4, -0.2) is 4.98 Å². The lowest BCUT2D eigenvalue weighted by atomic mass is 9.93. The van der Waals surface area contributed by atoms with Gasteiger partial charge in [-0.15, -0.1) is 0 Å². The molecular weight excluding hydrogens is 160 g/mol. The second-order valence-corrected chi connectivity index (χ2v) is 3.70.